The van der Waals surface area contributed by atoms with E-state index in [1.165, 1.54) is 0 Å². The first kappa shape index (κ1) is 14.0. The first-order valence-electron chi connectivity index (χ1n) is 5.08. The Bertz CT molecular complexity index is 361. The maximum Gasteiger partial charge on any atom is 0.136 e. The van der Waals surface area contributed by atoms with Gasteiger partial charge in [-0.3, -0.25) is 0 Å². The van der Waals surface area contributed by atoms with Crippen LogP contribution in [0.15, 0.2) is 10.8 Å². The normalized spacial score (nSPS) is 16.2. The Morgan fingerprint density at radius 3 is 2.50 bits per heavy atom. The minimum Gasteiger partial charge on any atom is -0.598 e. The van der Waals surface area contributed by atoms with Crippen molar-refractivity contribution < 1.29 is 4.55 Å². The quantitative estimate of drug-likeness (QED) is 0.872. The number of aromatic nitrogens is 2. The molecule has 0 fully saturated rings. The Morgan fingerprint density at radius 2 is 2.12 bits per heavy atom. The first-order valence-corrected chi connectivity index (χ1v) is 7.03. The minimum absolute atomic E-state index is 0.0450. The molecule has 1 aromatic rings. The summed E-state index contributed by atoms with van der Waals surface area (Å²) in [6.45, 7) is 7.78. The Morgan fingerprint density at radius 1 is 1.56 bits per heavy atom. The lowest BCUT2D eigenvalue weighted by molar-refractivity contribution is 0.521. The van der Waals surface area contributed by atoms with Crippen LogP contribution in [0, 0.1) is 0 Å². The van der Waals surface area contributed by atoms with E-state index in [0.717, 1.165) is 10.4 Å². The fraction of sp³-hybridized carbons (Fsp3) is 0.700. The van der Waals surface area contributed by atoms with E-state index in [4.69, 9.17) is 0 Å². The lowest BCUT2D eigenvalue weighted by Crippen LogP contribution is -2.41. The van der Waals surface area contributed by atoms with Crippen molar-refractivity contribution in [2.24, 2.45) is 7.05 Å². The number of nitrogens with zero attached hydrogens (tertiary/aromatic N) is 2. The fourth-order valence-corrected chi connectivity index (χ4v) is 2.26. The predicted molar refractivity (Wildman–Crippen MR) is 70.4 cm³/mol. The highest BCUT2D eigenvalue weighted by Gasteiger charge is 2.29. The van der Waals surface area contributed by atoms with E-state index >= 15 is 0 Å². The van der Waals surface area contributed by atoms with Gasteiger partial charge in [-0.25, -0.2) is 4.98 Å². The van der Waals surface area contributed by atoms with Crippen LogP contribution in [0.25, 0.3) is 0 Å². The van der Waals surface area contributed by atoms with Crippen LogP contribution in [0.3, 0.4) is 0 Å². The van der Waals surface area contributed by atoms with Gasteiger partial charge in [0.1, 0.15) is 21.2 Å². The average molecular weight is 308 g/mol. The molecule has 0 bridgehead atoms. The zero-order valence-electron chi connectivity index (χ0n) is 10.2. The molecule has 0 saturated heterocycles. The molecule has 16 heavy (non-hydrogen) atoms. The summed E-state index contributed by atoms with van der Waals surface area (Å²) in [5.41, 5.74) is 0. The Kier molecular flexibility index (Phi) is 4.45. The van der Waals surface area contributed by atoms with Crippen molar-refractivity contribution in [3.63, 3.8) is 0 Å². The fourth-order valence-electron chi connectivity index (χ4n) is 1.19. The summed E-state index contributed by atoms with van der Waals surface area (Å²) in [5, 5.41) is 0. The van der Waals surface area contributed by atoms with Crippen molar-refractivity contribution in [3.05, 3.63) is 16.6 Å². The third kappa shape index (κ3) is 3.23. The molecule has 0 spiro atoms. The zero-order chi connectivity index (χ0) is 12.5. The number of rotatable bonds is 3. The predicted octanol–water partition coefficient (Wildman–Crippen LogP) is 2.30. The van der Waals surface area contributed by atoms with Crippen LogP contribution in [0.5, 0.6) is 0 Å². The summed E-state index contributed by atoms with van der Waals surface area (Å²) in [5.74, 6) is 0.865. The summed E-state index contributed by atoms with van der Waals surface area (Å²) >= 11 is 2.30. The van der Waals surface area contributed by atoms with Crippen molar-refractivity contribution in [1.29, 1.82) is 0 Å². The van der Waals surface area contributed by atoms with Crippen molar-refractivity contribution in [2.75, 3.05) is 0 Å². The van der Waals surface area contributed by atoms with Crippen molar-refractivity contribution >= 4 is 27.3 Å². The zero-order valence-corrected chi connectivity index (χ0v) is 12.6. The van der Waals surface area contributed by atoms with Crippen LogP contribution < -0.4 is 4.72 Å². The minimum atomic E-state index is -1.09. The maximum absolute atomic E-state index is 11.9. The van der Waals surface area contributed by atoms with Crippen LogP contribution in [0.2, 0.25) is 0 Å². The Labute approximate surface area is 108 Å². The second kappa shape index (κ2) is 5.08. The molecule has 0 aliphatic rings. The molecule has 0 aliphatic heterocycles. The SMILES string of the molecule is C[C@@H](N[S@+]([O-])C(C)(C)C)c1ncc(Br)n1C. The first-order chi connectivity index (χ1) is 7.23. The van der Waals surface area contributed by atoms with E-state index in [0.29, 0.717) is 0 Å². The summed E-state index contributed by atoms with van der Waals surface area (Å²) < 4.78 is 17.6. The van der Waals surface area contributed by atoms with Gasteiger partial charge >= 0.3 is 0 Å². The van der Waals surface area contributed by atoms with Gasteiger partial charge in [0.15, 0.2) is 0 Å². The smallest absolute Gasteiger partial charge is 0.136 e. The van der Waals surface area contributed by atoms with Crippen LogP contribution in [0.1, 0.15) is 39.6 Å². The molecule has 1 rings (SSSR count). The highest BCUT2D eigenvalue weighted by Crippen LogP contribution is 2.20. The second-order valence-electron chi connectivity index (χ2n) is 4.72. The number of halogens is 1. The maximum atomic E-state index is 11.9. The van der Waals surface area contributed by atoms with Gasteiger partial charge in [0.25, 0.3) is 0 Å². The van der Waals surface area contributed by atoms with Crippen molar-refractivity contribution in [3.8, 4) is 0 Å². The summed E-state index contributed by atoms with van der Waals surface area (Å²) in [6, 6.07) is -0.0450. The molecule has 2 atom stereocenters. The highest BCUT2D eigenvalue weighted by molar-refractivity contribution is 9.10. The lowest BCUT2D eigenvalue weighted by atomic mass is 10.3. The number of imidazole rings is 1. The largest absolute Gasteiger partial charge is 0.598 e. The molecule has 0 aromatic carbocycles. The van der Waals surface area contributed by atoms with E-state index in [-0.39, 0.29) is 10.8 Å². The molecule has 4 nitrogen and oxygen atoms in total. The van der Waals surface area contributed by atoms with Crippen molar-refractivity contribution in [2.45, 2.75) is 38.5 Å². The molecule has 0 saturated carbocycles. The number of hydrogen-bond acceptors (Lipinski definition) is 3. The molecule has 1 aromatic heterocycles. The van der Waals surface area contributed by atoms with E-state index in [9.17, 15) is 4.55 Å². The number of nitrogens with one attached hydrogen (secondary N) is 1. The molecule has 0 radical (unpaired) electrons. The molecule has 1 heterocycles. The molecule has 0 aliphatic carbocycles. The monoisotopic (exact) mass is 307 g/mol. The van der Waals surface area contributed by atoms with Crippen LogP contribution in [-0.4, -0.2) is 18.9 Å². The molecule has 92 valence electrons. The third-order valence-electron chi connectivity index (χ3n) is 2.19. The summed E-state index contributed by atoms with van der Waals surface area (Å²) in [7, 11) is 1.92. The van der Waals surface area contributed by atoms with Gasteiger partial charge in [0, 0.05) is 18.4 Å². The van der Waals surface area contributed by atoms with E-state index < -0.39 is 11.4 Å². The van der Waals surface area contributed by atoms with Crippen LogP contribution in [-0.2, 0) is 18.4 Å². The lowest BCUT2D eigenvalue weighted by Gasteiger charge is -2.26. The standard InChI is InChI=1S/C10H18BrN3OS/c1-7(13-16(15)10(2,3)4)9-12-6-8(11)14(9)5/h6-7,13H,1-5H3/t7-,16-/m1/s1. The summed E-state index contributed by atoms with van der Waals surface area (Å²) in [4.78, 5) is 4.27. The van der Waals surface area contributed by atoms with Crippen LogP contribution in [0.4, 0.5) is 0 Å². The topological polar surface area (TPSA) is 52.9 Å². The van der Waals surface area contributed by atoms with Gasteiger partial charge in [-0.05, 0) is 43.6 Å². The second-order valence-corrected chi connectivity index (χ2v) is 7.53. The van der Waals surface area contributed by atoms with Crippen molar-refractivity contribution in [1.82, 2.24) is 14.3 Å². The Balaban J connectivity index is 2.73. The molecule has 0 amide bonds. The van der Waals surface area contributed by atoms with E-state index in [1.54, 1.807) is 6.20 Å². The third-order valence-corrected chi connectivity index (χ3v) is 4.61. The van der Waals surface area contributed by atoms with Gasteiger partial charge in [0.05, 0.1) is 6.20 Å². The molecular weight excluding hydrogens is 290 g/mol. The van der Waals surface area contributed by atoms with Gasteiger partial charge in [-0.2, -0.15) is 0 Å². The van der Waals surface area contributed by atoms with Gasteiger partial charge in [-0.1, -0.05) is 0 Å². The van der Waals surface area contributed by atoms with E-state index in [2.05, 4.69) is 25.6 Å². The highest BCUT2D eigenvalue weighted by atomic mass is 79.9. The number of hydrogen-bond donors (Lipinski definition) is 1. The van der Waals surface area contributed by atoms with Gasteiger partial charge < -0.3 is 9.12 Å². The molecular formula is C10H18BrN3OS. The van der Waals surface area contributed by atoms with E-state index in [1.807, 2.05) is 39.3 Å². The molecule has 6 heteroatoms. The van der Waals surface area contributed by atoms with Gasteiger partial charge in [0.2, 0.25) is 0 Å². The van der Waals surface area contributed by atoms with Gasteiger partial charge in [-0.15, -0.1) is 4.72 Å². The summed E-state index contributed by atoms with van der Waals surface area (Å²) in [6.07, 6.45) is 1.74. The molecule has 1 N–H and O–H groups in total. The molecule has 0 unspecified atom stereocenters. The Hall–Kier alpha value is -0.0400. The van der Waals surface area contributed by atoms with Crippen LogP contribution >= 0.6 is 15.9 Å². The average Bonchev–Trinajstić information content (AvgIpc) is 2.46.